The number of rotatable bonds is 5. The molecule has 0 bridgehead atoms. The number of aromatic hydroxyl groups is 1. The van der Waals surface area contributed by atoms with Gasteiger partial charge in [-0.25, -0.2) is 0 Å². The van der Waals surface area contributed by atoms with Gasteiger partial charge in [0.2, 0.25) is 0 Å². The molecule has 0 aromatic heterocycles. The number of carbonyl (C=O) groups excluding carboxylic acids is 1. The average molecular weight is 309 g/mol. The van der Waals surface area contributed by atoms with Crippen molar-refractivity contribution in [2.75, 3.05) is 0 Å². The molecule has 1 aromatic carbocycles. The Balaban J connectivity index is 2.55. The molecule has 2 N–H and O–H groups in total. The smallest absolute Gasteiger partial charge is 0.193 e. The third kappa shape index (κ3) is 3.67. The molecule has 0 spiro atoms. The van der Waals surface area contributed by atoms with Gasteiger partial charge in [-0.15, -0.1) is 0 Å². The van der Waals surface area contributed by atoms with E-state index in [-0.39, 0.29) is 11.5 Å². The number of Topliss-reactive ketones (excluding diaryl/α,β-unsaturated/α-hetero) is 1. The Morgan fingerprint density at radius 2 is 1.91 bits per heavy atom. The van der Waals surface area contributed by atoms with Crippen LogP contribution in [0.15, 0.2) is 59.2 Å². The van der Waals surface area contributed by atoms with E-state index in [4.69, 9.17) is 5.41 Å². The van der Waals surface area contributed by atoms with E-state index in [0.29, 0.717) is 23.3 Å². The molecule has 1 aliphatic rings. The lowest BCUT2D eigenvalue weighted by molar-refractivity contribution is 0.103. The second kappa shape index (κ2) is 7.23. The van der Waals surface area contributed by atoms with Crippen LogP contribution in [-0.4, -0.2) is 16.6 Å². The van der Waals surface area contributed by atoms with Gasteiger partial charge in [0.1, 0.15) is 5.75 Å². The zero-order valence-corrected chi connectivity index (χ0v) is 13.8. The summed E-state index contributed by atoms with van der Waals surface area (Å²) < 4.78 is 0. The van der Waals surface area contributed by atoms with Crippen molar-refractivity contribution in [1.29, 1.82) is 5.41 Å². The van der Waals surface area contributed by atoms with Crippen molar-refractivity contribution in [1.82, 2.24) is 0 Å². The number of hydrogen-bond donors (Lipinski definition) is 2. The van der Waals surface area contributed by atoms with Crippen LogP contribution in [0.4, 0.5) is 0 Å². The fourth-order valence-corrected chi connectivity index (χ4v) is 2.77. The number of benzene rings is 1. The SMILES string of the molecule is C=C1CCC(CC)=C(C(=O)c2ccc(O)cc2)/C1=C/C(=N)CC. The highest BCUT2D eigenvalue weighted by Crippen LogP contribution is 2.36. The highest BCUT2D eigenvalue weighted by atomic mass is 16.3. The summed E-state index contributed by atoms with van der Waals surface area (Å²) in [6.45, 7) is 8.08. The molecule has 0 heterocycles. The number of ketones is 1. The van der Waals surface area contributed by atoms with Crippen molar-refractivity contribution in [3.05, 3.63) is 64.8 Å². The van der Waals surface area contributed by atoms with E-state index in [2.05, 4.69) is 13.5 Å². The van der Waals surface area contributed by atoms with E-state index in [1.807, 2.05) is 6.92 Å². The van der Waals surface area contributed by atoms with Gasteiger partial charge in [0.15, 0.2) is 5.78 Å². The third-order valence-corrected chi connectivity index (χ3v) is 4.22. The molecule has 0 fully saturated rings. The van der Waals surface area contributed by atoms with E-state index in [9.17, 15) is 9.90 Å². The van der Waals surface area contributed by atoms with Crippen LogP contribution in [0.2, 0.25) is 0 Å². The largest absolute Gasteiger partial charge is 0.508 e. The Labute approximate surface area is 137 Å². The van der Waals surface area contributed by atoms with Crippen molar-refractivity contribution < 1.29 is 9.90 Å². The lowest BCUT2D eigenvalue weighted by atomic mass is 9.79. The molecule has 0 aliphatic heterocycles. The zero-order chi connectivity index (χ0) is 17.0. The molecule has 0 saturated heterocycles. The molecule has 1 aromatic rings. The maximum Gasteiger partial charge on any atom is 0.193 e. The van der Waals surface area contributed by atoms with Gasteiger partial charge >= 0.3 is 0 Å². The van der Waals surface area contributed by atoms with Crippen LogP contribution in [0.1, 0.15) is 49.9 Å². The van der Waals surface area contributed by atoms with Gasteiger partial charge in [0.05, 0.1) is 0 Å². The first kappa shape index (κ1) is 16.9. The number of hydrogen-bond acceptors (Lipinski definition) is 3. The van der Waals surface area contributed by atoms with Crippen molar-refractivity contribution >= 4 is 11.5 Å². The van der Waals surface area contributed by atoms with E-state index in [1.165, 1.54) is 12.1 Å². The molecule has 3 heteroatoms. The summed E-state index contributed by atoms with van der Waals surface area (Å²) >= 11 is 0. The molecule has 120 valence electrons. The van der Waals surface area contributed by atoms with Crippen LogP contribution in [0.3, 0.4) is 0 Å². The molecule has 23 heavy (non-hydrogen) atoms. The van der Waals surface area contributed by atoms with Gasteiger partial charge in [-0.3, -0.25) is 4.79 Å². The van der Waals surface area contributed by atoms with Crippen molar-refractivity contribution in [2.24, 2.45) is 0 Å². The number of carbonyl (C=O) groups is 1. The summed E-state index contributed by atoms with van der Waals surface area (Å²) in [5.74, 6) is 0.0840. The quantitative estimate of drug-likeness (QED) is 0.594. The van der Waals surface area contributed by atoms with Crippen LogP contribution in [0, 0.1) is 5.41 Å². The molecule has 0 atom stereocenters. The predicted octanol–water partition coefficient (Wildman–Crippen LogP) is 4.99. The van der Waals surface area contributed by atoms with Crippen LogP contribution in [0.25, 0.3) is 0 Å². The minimum absolute atomic E-state index is 0.0575. The molecule has 0 radical (unpaired) electrons. The summed E-state index contributed by atoms with van der Waals surface area (Å²) in [6.07, 6.45) is 4.89. The minimum atomic E-state index is -0.0575. The Kier molecular flexibility index (Phi) is 5.32. The monoisotopic (exact) mass is 309 g/mol. The number of nitrogens with one attached hydrogen (secondary N) is 1. The molecule has 0 unspecified atom stereocenters. The Hall–Kier alpha value is -2.42. The average Bonchev–Trinajstić information content (AvgIpc) is 2.56. The Bertz CT molecular complexity index is 706. The molecular weight excluding hydrogens is 286 g/mol. The lowest BCUT2D eigenvalue weighted by Crippen LogP contribution is -2.15. The summed E-state index contributed by atoms with van der Waals surface area (Å²) in [6, 6.07) is 6.32. The van der Waals surface area contributed by atoms with Gasteiger partial charge < -0.3 is 10.5 Å². The van der Waals surface area contributed by atoms with Gasteiger partial charge in [-0.05, 0) is 67.2 Å². The first-order chi connectivity index (χ1) is 11.0. The number of allylic oxidation sites excluding steroid dienone is 5. The van der Waals surface area contributed by atoms with Gasteiger partial charge in [0, 0.05) is 16.8 Å². The minimum Gasteiger partial charge on any atom is -0.508 e. The Morgan fingerprint density at radius 3 is 2.48 bits per heavy atom. The maximum atomic E-state index is 13.0. The molecule has 0 saturated carbocycles. The molecule has 2 rings (SSSR count). The first-order valence-corrected chi connectivity index (χ1v) is 8.01. The van der Waals surface area contributed by atoms with E-state index >= 15 is 0 Å². The number of phenols is 1. The first-order valence-electron chi connectivity index (χ1n) is 8.01. The zero-order valence-electron chi connectivity index (χ0n) is 13.8. The molecular formula is C20H23NO2. The normalized spacial score (nSPS) is 16.8. The molecule has 1 aliphatic carbocycles. The van der Waals surface area contributed by atoms with Crippen LogP contribution < -0.4 is 0 Å². The van der Waals surface area contributed by atoms with Crippen molar-refractivity contribution in [3.63, 3.8) is 0 Å². The summed E-state index contributed by atoms with van der Waals surface area (Å²) in [5.41, 5.74) is 4.57. The van der Waals surface area contributed by atoms with Crippen molar-refractivity contribution in [2.45, 2.75) is 39.5 Å². The van der Waals surface area contributed by atoms with Crippen LogP contribution >= 0.6 is 0 Å². The van der Waals surface area contributed by atoms with Gasteiger partial charge in [0.25, 0.3) is 0 Å². The summed E-state index contributed by atoms with van der Waals surface area (Å²) in [7, 11) is 0. The van der Waals surface area contributed by atoms with Gasteiger partial charge in [-0.2, -0.15) is 0 Å². The standard InChI is InChI=1S/C20H23NO2/c1-4-14-7-6-13(3)18(12-16(21)5-2)19(14)20(23)15-8-10-17(22)11-9-15/h8-12,21-22H,3-7H2,1-2H3/b18-12+,21-16?. The van der Waals surface area contributed by atoms with Crippen LogP contribution in [-0.2, 0) is 0 Å². The molecule has 3 nitrogen and oxygen atoms in total. The lowest BCUT2D eigenvalue weighted by Gasteiger charge is -2.24. The summed E-state index contributed by atoms with van der Waals surface area (Å²) in [5, 5.41) is 17.4. The maximum absolute atomic E-state index is 13.0. The number of phenolic OH excluding ortho intramolecular Hbond substituents is 1. The van der Waals surface area contributed by atoms with Crippen molar-refractivity contribution in [3.8, 4) is 5.75 Å². The molecule has 0 amide bonds. The fourth-order valence-electron chi connectivity index (χ4n) is 2.77. The Morgan fingerprint density at radius 1 is 1.26 bits per heavy atom. The second-order valence-corrected chi connectivity index (χ2v) is 5.75. The van der Waals surface area contributed by atoms with Gasteiger partial charge in [-0.1, -0.05) is 26.0 Å². The predicted molar refractivity (Wildman–Crippen MR) is 94.2 cm³/mol. The van der Waals surface area contributed by atoms with E-state index in [1.54, 1.807) is 18.2 Å². The second-order valence-electron chi connectivity index (χ2n) is 5.75. The highest BCUT2D eigenvalue weighted by Gasteiger charge is 2.26. The van der Waals surface area contributed by atoms with E-state index in [0.717, 1.165) is 36.0 Å². The van der Waals surface area contributed by atoms with E-state index < -0.39 is 0 Å². The highest BCUT2D eigenvalue weighted by molar-refractivity contribution is 6.14. The van der Waals surface area contributed by atoms with Crippen LogP contribution in [0.5, 0.6) is 5.75 Å². The summed E-state index contributed by atoms with van der Waals surface area (Å²) in [4.78, 5) is 13.0. The fraction of sp³-hybridized carbons (Fsp3) is 0.300. The topological polar surface area (TPSA) is 61.1 Å². The third-order valence-electron chi connectivity index (χ3n) is 4.22.